The van der Waals surface area contributed by atoms with Crippen molar-refractivity contribution in [2.75, 3.05) is 6.54 Å². The SMILES string of the molecule is C[C@@H](O)[C@H](N)C(=O)N[C@@H](Cc1c[nH]c2ccccc12)C(=O)N[C@@H](CCCCN)C(=O)O. The Bertz CT molecular complexity index is 897. The summed E-state index contributed by atoms with van der Waals surface area (Å²) in [6.45, 7) is 1.80. The lowest BCUT2D eigenvalue weighted by atomic mass is 10.0. The van der Waals surface area contributed by atoms with Gasteiger partial charge in [-0.25, -0.2) is 4.79 Å². The molecule has 0 fully saturated rings. The molecule has 0 unspecified atom stereocenters. The molecule has 0 aliphatic rings. The molecule has 2 rings (SSSR count). The van der Waals surface area contributed by atoms with E-state index in [1.165, 1.54) is 6.92 Å². The number of benzene rings is 1. The molecule has 1 aromatic carbocycles. The molecule has 0 radical (unpaired) electrons. The van der Waals surface area contributed by atoms with E-state index in [1.54, 1.807) is 6.20 Å². The number of carboxylic acid groups (broad SMARTS) is 1. The number of fused-ring (bicyclic) bond motifs is 1. The van der Waals surface area contributed by atoms with Gasteiger partial charge in [0.1, 0.15) is 18.1 Å². The number of amides is 2. The number of nitrogens with two attached hydrogens (primary N) is 2. The summed E-state index contributed by atoms with van der Waals surface area (Å²) in [5.41, 5.74) is 12.8. The molecule has 31 heavy (non-hydrogen) atoms. The van der Waals surface area contributed by atoms with Crippen LogP contribution in [-0.2, 0) is 20.8 Å². The zero-order valence-corrected chi connectivity index (χ0v) is 17.5. The third kappa shape index (κ3) is 6.78. The minimum Gasteiger partial charge on any atom is -0.480 e. The van der Waals surface area contributed by atoms with E-state index in [0.29, 0.717) is 19.4 Å². The van der Waals surface area contributed by atoms with Gasteiger partial charge >= 0.3 is 5.97 Å². The fraction of sp³-hybridized carbons (Fsp3) is 0.476. The maximum absolute atomic E-state index is 13.0. The molecule has 9 N–H and O–H groups in total. The summed E-state index contributed by atoms with van der Waals surface area (Å²) >= 11 is 0. The number of aliphatic hydroxyl groups excluding tert-OH is 1. The Morgan fingerprint density at radius 1 is 1.10 bits per heavy atom. The van der Waals surface area contributed by atoms with Crippen molar-refractivity contribution < 1.29 is 24.6 Å². The number of carboxylic acids is 1. The summed E-state index contributed by atoms with van der Waals surface area (Å²) in [7, 11) is 0. The average molecular weight is 434 g/mol. The molecule has 10 heteroatoms. The molecule has 0 bridgehead atoms. The predicted molar refractivity (Wildman–Crippen MR) is 116 cm³/mol. The summed E-state index contributed by atoms with van der Waals surface area (Å²) in [4.78, 5) is 40.0. The van der Waals surface area contributed by atoms with E-state index < -0.39 is 42.0 Å². The number of carbonyl (C=O) groups is 3. The molecule has 2 amide bonds. The van der Waals surface area contributed by atoms with Gasteiger partial charge in [0.2, 0.25) is 11.8 Å². The third-order valence-electron chi connectivity index (χ3n) is 5.12. The molecule has 0 saturated carbocycles. The Morgan fingerprint density at radius 3 is 2.42 bits per heavy atom. The van der Waals surface area contributed by atoms with Crippen LogP contribution in [0.15, 0.2) is 30.5 Å². The number of aromatic amines is 1. The number of unbranched alkanes of at least 4 members (excludes halogenated alkanes) is 1. The molecule has 170 valence electrons. The highest BCUT2D eigenvalue weighted by atomic mass is 16.4. The van der Waals surface area contributed by atoms with Gasteiger partial charge in [0.15, 0.2) is 0 Å². The van der Waals surface area contributed by atoms with Crippen molar-refractivity contribution in [2.24, 2.45) is 11.5 Å². The number of hydrogen-bond donors (Lipinski definition) is 7. The normalized spacial score (nSPS) is 15.1. The van der Waals surface area contributed by atoms with Gasteiger partial charge in [-0.15, -0.1) is 0 Å². The van der Waals surface area contributed by atoms with Crippen LogP contribution >= 0.6 is 0 Å². The first-order valence-corrected chi connectivity index (χ1v) is 10.3. The monoisotopic (exact) mass is 433 g/mol. The number of rotatable bonds is 12. The summed E-state index contributed by atoms with van der Waals surface area (Å²) in [6.07, 6.45) is 2.14. The van der Waals surface area contributed by atoms with E-state index in [4.69, 9.17) is 11.5 Å². The summed E-state index contributed by atoms with van der Waals surface area (Å²) in [6, 6.07) is 4.09. The quantitative estimate of drug-likeness (QED) is 0.222. The molecule has 10 nitrogen and oxygen atoms in total. The first kappa shape index (κ1) is 24.3. The van der Waals surface area contributed by atoms with Gasteiger partial charge in [-0.2, -0.15) is 0 Å². The standard InChI is InChI=1S/C21H31N5O5/c1-12(27)18(23)20(29)26-17(10-13-11-24-15-7-3-2-6-14(13)15)19(28)25-16(21(30)31)8-4-5-9-22/h2-3,6-7,11-12,16-18,24,27H,4-5,8-10,22-23H2,1H3,(H,25,28)(H,26,29)(H,30,31)/t12-,16+,17+,18+/m1/s1. The topological polar surface area (TPSA) is 184 Å². The summed E-state index contributed by atoms with van der Waals surface area (Å²) < 4.78 is 0. The van der Waals surface area contributed by atoms with E-state index in [0.717, 1.165) is 16.5 Å². The van der Waals surface area contributed by atoms with Crippen LogP contribution in [0.25, 0.3) is 10.9 Å². The second-order valence-electron chi connectivity index (χ2n) is 7.58. The smallest absolute Gasteiger partial charge is 0.326 e. The number of aromatic nitrogens is 1. The Balaban J connectivity index is 2.22. The van der Waals surface area contributed by atoms with Crippen molar-refractivity contribution in [2.45, 2.75) is 56.8 Å². The van der Waals surface area contributed by atoms with E-state index in [-0.39, 0.29) is 12.8 Å². The van der Waals surface area contributed by atoms with Crippen LogP contribution in [0.2, 0.25) is 0 Å². The molecule has 0 aliphatic carbocycles. The number of aliphatic carboxylic acids is 1. The van der Waals surface area contributed by atoms with Crippen LogP contribution in [0.4, 0.5) is 0 Å². The Kier molecular flexibility index (Phi) is 8.98. The molecule has 4 atom stereocenters. The van der Waals surface area contributed by atoms with Crippen LogP contribution in [-0.4, -0.2) is 63.8 Å². The van der Waals surface area contributed by atoms with Crippen molar-refractivity contribution in [3.05, 3.63) is 36.0 Å². The molecule has 0 saturated heterocycles. The predicted octanol–water partition coefficient (Wildman–Crippen LogP) is -0.398. The van der Waals surface area contributed by atoms with Crippen LogP contribution in [0.1, 0.15) is 31.7 Å². The van der Waals surface area contributed by atoms with Crippen LogP contribution in [0, 0.1) is 0 Å². The maximum atomic E-state index is 13.0. The van der Waals surface area contributed by atoms with Crippen molar-refractivity contribution in [3.8, 4) is 0 Å². The van der Waals surface area contributed by atoms with Crippen molar-refractivity contribution in [3.63, 3.8) is 0 Å². The molecule has 1 heterocycles. The number of nitrogens with one attached hydrogen (secondary N) is 3. The number of para-hydroxylation sites is 1. The van der Waals surface area contributed by atoms with Gasteiger partial charge in [0.05, 0.1) is 6.10 Å². The fourth-order valence-corrected chi connectivity index (χ4v) is 3.24. The van der Waals surface area contributed by atoms with Crippen LogP contribution in [0.3, 0.4) is 0 Å². The van der Waals surface area contributed by atoms with Gasteiger partial charge in [-0.05, 0) is 44.4 Å². The van der Waals surface area contributed by atoms with Crippen LogP contribution in [0.5, 0.6) is 0 Å². The first-order chi connectivity index (χ1) is 14.7. The second kappa shape index (κ2) is 11.4. The highest BCUT2D eigenvalue weighted by molar-refractivity contribution is 5.93. The zero-order valence-electron chi connectivity index (χ0n) is 17.5. The van der Waals surface area contributed by atoms with E-state index >= 15 is 0 Å². The number of aliphatic hydroxyl groups is 1. The Labute approximate surface area is 180 Å². The van der Waals surface area contributed by atoms with Crippen molar-refractivity contribution >= 4 is 28.7 Å². The van der Waals surface area contributed by atoms with Crippen molar-refractivity contribution in [1.82, 2.24) is 15.6 Å². The minimum atomic E-state index is -1.22. The van der Waals surface area contributed by atoms with E-state index in [2.05, 4.69) is 15.6 Å². The van der Waals surface area contributed by atoms with Gasteiger partial charge in [0.25, 0.3) is 0 Å². The maximum Gasteiger partial charge on any atom is 0.326 e. The highest BCUT2D eigenvalue weighted by Crippen LogP contribution is 2.19. The Hall–Kier alpha value is -2.95. The largest absolute Gasteiger partial charge is 0.480 e. The highest BCUT2D eigenvalue weighted by Gasteiger charge is 2.29. The molecule has 0 spiro atoms. The Morgan fingerprint density at radius 2 is 1.77 bits per heavy atom. The van der Waals surface area contributed by atoms with Crippen LogP contribution < -0.4 is 22.1 Å². The van der Waals surface area contributed by atoms with E-state index in [1.807, 2.05) is 24.3 Å². The number of hydrogen-bond acceptors (Lipinski definition) is 6. The van der Waals surface area contributed by atoms with E-state index in [9.17, 15) is 24.6 Å². The number of carbonyl (C=O) groups excluding carboxylic acids is 2. The average Bonchev–Trinajstić information content (AvgIpc) is 3.14. The van der Waals surface area contributed by atoms with Gasteiger partial charge < -0.3 is 37.3 Å². The molecule has 0 aliphatic heterocycles. The van der Waals surface area contributed by atoms with Crippen molar-refractivity contribution in [1.29, 1.82) is 0 Å². The van der Waals surface area contributed by atoms with Gasteiger partial charge in [0, 0.05) is 23.5 Å². The lowest BCUT2D eigenvalue weighted by molar-refractivity contribution is -0.142. The molecule has 2 aromatic rings. The van der Waals surface area contributed by atoms with Gasteiger partial charge in [-0.3, -0.25) is 9.59 Å². The first-order valence-electron chi connectivity index (χ1n) is 10.3. The van der Waals surface area contributed by atoms with Gasteiger partial charge in [-0.1, -0.05) is 18.2 Å². The summed E-state index contributed by atoms with van der Waals surface area (Å²) in [5, 5.41) is 25.0. The minimum absolute atomic E-state index is 0.114. The zero-order chi connectivity index (χ0) is 23.0. The second-order valence-corrected chi connectivity index (χ2v) is 7.58. The third-order valence-corrected chi connectivity index (χ3v) is 5.12. The molecular formula is C21H31N5O5. The number of H-pyrrole nitrogens is 1. The fourth-order valence-electron chi connectivity index (χ4n) is 3.24. The lowest BCUT2D eigenvalue weighted by Crippen LogP contribution is -2.56. The molecule has 1 aromatic heterocycles. The molecular weight excluding hydrogens is 402 g/mol. The lowest BCUT2D eigenvalue weighted by Gasteiger charge is -2.23. The summed E-state index contributed by atoms with van der Waals surface area (Å²) in [5.74, 6) is -2.51.